The number of benzene rings is 1. The molecule has 34 heavy (non-hydrogen) atoms. The number of carboxylic acid groups (broad SMARTS) is 1. The van der Waals surface area contributed by atoms with Crippen molar-refractivity contribution in [1.82, 2.24) is 19.4 Å². The summed E-state index contributed by atoms with van der Waals surface area (Å²) < 4.78 is 1.58. The lowest BCUT2D eigenvalue weighted by Crippen LogP contribution is -2.46. The molecular formula is C25H22N4O5. The zero-order chi connectivity index (χ0) is 23.8. The third-order valence-electron chi connectivity index (χ3n) is 6.63. The number of hydrogen-bond acceptors (Lipinski definition) is 6. The van der Waals surface area contributed by atoms with Crippen molar-refractivity contribution in [3.63, 3.8) is 0 Å². The summed E-state index contributed by atoms with van der Waals surface area (Å²) in [6, 6.07) is 11.1. The Labute approximate surface area is 194 Å². The Bertz CT molecular complexity index is 1320. The van der Waals surface area contributed by atoms with Crippen molar-refractivity contribution in [3.05, 3.63) is 93.9 Å². The van der Waals surface area contributed by atoms with E-state index in [1.807, 2.05) is 36.4 Å². The van der Waals surface area contributed by atoms with Crippen LogP contribution in [0.2, 0.25) is 0 Å². The van der Waals surface area contributed by atoms with E-state index in [1.54, 1.807) is 22.8 Å². The number of aromatic nitrogens is 3. The molecule has 1 fully saturated rings. The highest BCUT2D eigenvalue weighted by Gasteiger charge is 2.57. The molecule has 9 heteroatoms. The zero-order valence-corrected chi connectivity index (χ0v) is 18.1. The van der Waals surface area contributed by atoms with E-state index in [2.05, 4.69) is 9.97 Å². The molecule has 1 amide bonds. The van der Waals surface area contributed by atoms with E-state index in [4.69, 9.17) is 0 Å². The Morgan fingerprint density at radius 2 is 1.88 bits per heavy atom. The first-order valence-corrected chi connectivity index (χ1v) is 10.9. The highest BCUT2D eigenvalue weighted by Crippen LogP contribution is 2.49. The Kier molecular flexibility index (Phi) is 5.54. The van der Waals surface area contributed by atoms with Crippen LogP contribution in [-0.4, -0.2) is 54.2 Å². The Hall–Kier alpha value is -4.11. The fourth-order valence-corrected chi connectivity index (χ4v) is 5.13. The van der Waals surface area contributed by atoms with Gasteiger partial charge >= 0.3 is 5.97 Å². The van der Waals surface area contributed by atoms with Gasteiger partial charge in [0.2, 0.25) is 0 Å². The van der Waals surface area contributed by atoms with Crippen LogP contribution in [0.1, 0.15) is 33.4 Å². The van der Waals surface area contributed by atoms with E-state index in [0.717, 1.165) is 5.56 Å². The van der Waals surface area contributed by atoms with Gasteiger partial charge in [0.25, 0.3) is 11.5 Å². The van der Waals surface area contributed by atoms with Crippen molar-refractivity contribution >= 4 is 24.0 Å². The summed E-state index contributed by atoms with van der Waals surface area (Å²) in [6.45, 7) is -0.211. The molecule has 172 valence electrons. The average Bonchev–Trinajstić information content (AvgIpc) is 3.39. The van der Waals surface area contributed by atoms with Gasteiger partial charge in [0.1, 0.15) is 11.7 Å². The first kappa shape index (κ1) is 21.7. The van der Waals surface area contributed by atoms with Crippen molar-refractivity contribution < 1.29 is 19.8 Å². The standard InChI is InChI=1S/C25H22N4O5/c30-14-18-17-13-28-20(9-8-16(23(28)31)7-6-15-4-2-1-3-5-15)21(17)29(22(18)25(33)34)24(32)19-12-26-10-11-27-19/h1-12,17-18,21-22,30H,13-14H2,(H,33,34)/b7-6+/t17-,18-,21+,22-/m0/s1. The number of amides is 1. The monoisotopic (exact) mass is 458 g/mol. The van der Waals surface area contributed by atoms with E-state index in [1.165, 1.54) is 23.5 Å². The molecule has 9 nitrogen and oxygen atoms in total. The maximum absolute atomic E-state index is 13.4. The van der Waals surface area contributed by atoms with Crippen LogP contribution in [-0.2, 0) is 11.3 Å². The van der Waals surface area contributed by atoms with E-state index in [0.29, 0.717) is 11.3 Å². The minimum atomic E-state index is -1.24. The van der Waals surface area contributed by atoms with Gasteiger partial charge in [-0.05, 0) is 23.8 Å². The number of aliphatic hydroxyl groups excluding tert-OH is 1. The molecular weight excluding hydrogens is 436 g/mol. The average molecular weight is 458 g/mol. The van der Waals surface area contributed by atoms with Crippen LogP contribution in [0, 0.1) is 11.8 Å². The molecule has 1 saturated heterocycles. The topological polar surface area (TPSA) is 126 Å². The van der Waals surface area contributed by atoms with E-state index >= 15 is 0 Å². The molecule has 0 radical (unpaired) electrons. The number of pyridine rings is 1. The SMILES string of the molecule is O=C(O)[C@@H]1[C@@H](CO)[C@@H]2Cn3c(ccc(/C=C/c4ccccc4)c3=O)[C@@H]2N1C(=O)c1cnccn1. The fraction of sp³-hybridized carbons (Fsp3) is 0.240. The summed E-state index contributed by atoms with van der Waals surface area (Å²) in [5, 5.41) is 20.0. The number of hydrogen-bond donors (Lipinski definition) is 2. The van der Waals surface area contributed by atoms with Crippen molar-refractivity contribution in [3.8, 4) is 0 Å². The van der Waals surface area contributed by atoms with E-state index < -0.39 is 42.4 Å². The molecule has 0 unspecified atom stereocenters. The summed E-state index contributed by atoms with van der Waals surface area (Å²) in [5.41, 5.74) is 1.76. The summed E-state index contributed by atoms with van der Waals surface area (Å²) in [6.07, 6.45) is 7.65. The van der Waals surface area contributed by atoms with Crippen LogP contribution in [0.4, 0.5) is 0 Å². The first-order chi connectivity index (χ1) is 16.5. The molecule has 0 aliphatic carbocycles. The molecule has 4 heterocycles. The number of aliphatic carboxylic acids is 1. The molecule has 1 aromatic carbocycles. The van der Waals surface area contributed by atoms with Crippen LogP contribution < -0.4 is 5.56 Å². The zero-order valence-electron chi connectivity index (χ0n) is 18.1. The lowest BCUT2D eigenvalue weighted by atomic mass is 9.88. The van der Waals surface area contributed by atoms with Gasteiger partial charge in [0, 0.05) is 48.6 Å². The minimum absolute atomic E-state index is 0.00861. The highest BCUT2D eigenvalue weighted by molar-refractivity contribution is 5.95. The van der Waals surface area contributed by atoms with Gasteiger partial charge in [-0.2, -0.15) is 0 Å². The molecule has 2 N–H and O–H groups in total. The molecule has 2 aliphatic rings. The molecule has 2 aromatic heterocycles. The maximum Gasteiger partial charge on any atom is 0.326 e. The molecule has 4 atom stereocenters. The van der Waals surface area contributed by atoms with Gasteiger partial charge in [-0.1, -0.05) is 36.4 Å². The maximum atomic E-state index is 13.4. The number of aliphatic hydroxyl groups is 1. The van der Waals surface area contributed by atoms with E-state index in [9.17, 15) is 24.6 Å². The number of likely N-dealkylation sites (tertiary alicyclic amines) is 1. The van der Waals surface area contributed by atoms with Gasteiger partial charge < -0.3 is 19.7 Å². The number of carbonyl (C=O) groups is 2. The summed E-state index contributed by atoms with van der Waals surface area (Å²) in [4.78, 5) is 48.0. The number of fused-ring (bicyclic) bond motifs is 3. The Balaban J connectivity index is 1.57. The third-order valence-corrected chi connectivity index (χ3v) is 6.63. The normalized spacial score (nSPS) is 23.1. The number of rotatable bonds is 5. The summed E-state index contributed by atoms with van der Waals surface area (Å²) >= 11 is 0. The van der Waals surface area contributed by atoms with Gasteiger partial charge in [-0.3, -0.25) is 14.6 Å². The first-order valence-electron chi connectivity index (χ1n) is 10.9. The summed E-state index contributed by atoms with van der Waals surface area (Å²) in [5.74, 6) is -2.96. The van der Waals surface area contributed by atoms with Crippen LogP contribution in [0.25, 0.3) is 12.2 Å². The molecule has 2 aliphatic heterocycles. The van der Waals surface area contributed by atoms with Crippen LogP contribution >= 0.6 is 0 Å². The highest BCUT2D eigenvalue weighted by atomic mass is 16.4. The van der Waals surface area contributed by atoms with Crippen molar-refractivity contribution in [2.45, 2.75) is 18.6 Å². The van der Waals surface area contributed by atoms with Crippen LogP contribution in [0.5, 0.6) is 0 Å². The van der Waals surface area contributed by atoms with Crippen LogP contribution in [0.3, 0.4) is 0 Å². The molecule has 0 bridgehead atoms. The number of carbonyl (C=O) groups excluding carboxylic acids is 1. The van der Waals surface area contributed by atoms with Gasteiger partial charge in [-0.15, -0.1) is 0 Å². The minimum Gasteiger partial charge on any atom is -0.480 e. The molecule has 0 saturated carbocycles. The molecule has 5 rings (SSSR count). The second-order valence-electron chi connectivity index (χ2n) is 8.41. The second-order valence-corrected chi connectivity index (χ2v) is 8.41. The fourth-order valence-electron chi connectivity index (χ4n) is 5.13. The second kappa shape index (κ2) is 8.68. The number of carboxylic acids is 1. The van der Waals surface area contributed by atoms with Crippen molar-refractivity contribution in [1.29, 1.82) is 0 Å². The summed E-state index contributed by atoms with van der Waals surface area (Å²) in [7, 11) is 0. The van der Waals surface area contributed by atoms with Crippen molar-refractivity contribution in [2.75, 3.05) is 6.61 Å². The largest absolute Gasteiger partial charge is 0.480 e. The Morgan fingerprint density at radius 3 is 2.56 bits per heavy atom. The lowest BCUT2D eigenvalue weighted by Gasteiger charge is -2.28. The van der Waals surface area contributed by atoms with Gasteiger partial charge in [-0.25, -0.2) is 9.78 Å². The molecule has 0 spiro atoms. The van der Waals surface area contributed by atoms with Gasteiger partial charge in [0.15, 0.2) is 0 Å². The quantitative estimate of drug-likeness (QED) is 0.596. The van der Waals surface area contributed by atoms with Crippen molar-refractivity contribution in [2.24, 2.45) is 11.8 Å². The van der Waals surface area contributed by atoms with Crippen LogP contribution in [0.15, 0.2) is 65.8 Å². The smallest absolute Gasteiger partial charge is 0.326 e. The predicted octanol–water partition coefficient (Wildman–Crippen LogP) is 1.70. The lowest BCUT2D eigenvalue weighted by molar-refractivity contribution is -0.143. The number of nitrogens with zero attached hydrogens (tertiary/aromatic N) is 4. The third kappa shape index (κ3) is 3.50. The molecule has 3 aromatic rings. The van der Waals surface area contributed by atoms with Gasteiger partial charge in [0.05, 0.1) is 12.2 Å². The predicted molar refractivity (Wildman–Crippen MR) is 123 cm³/mol. The Morgan fingerprint density at radius 1 is 1.09 bits per heavy atom. The van der Waals surface area contributed by atoms with E-state index in [-0.39, 0.29) is 17.8 Å².